The van der Waals surface area contributed by atoms with Gasteiger partial charge in [-0.05, 0) is 32.9 Å². The molecule has 0 saturated heterocycles. The number of aryl methyl sites for hydroxylation is 2. The molecule has 5 nitrogen and oxygen atoms in total. The quantitative estimate of drug-likeness (QED) is 0.693. The molecule has 1 aromatic carbocycles. The topological polar surface area (TPSA) is 64.1 Å². The number of nitrogens with zero attached hydrogens (tertiary/aromatic N) is 2. The fourth-order valence-electron chi connectivity index (χ4n) is 2.29. The highest BCUT2D eigenvalue weighted by molar-refractivity contribution is 7.15. The molecule has 3 aromatic rings. The van der Waals surface area contributed by atoms with Crippen LogP contribution in [0.25, 0.3) is 10.6 Å². The van der Waals surface area contributed by atoms with Gasteiger partial charge in [-0.25, -0.2) is 9.97 Å². The van der Waals surface area contributed by atoms with Crippen molar-refractivity contribution in [1.29, 1.82) is 0 Å². The molecule has 2 aromatic heterocycles. The molecule has 0 unspecified atom stereocenters. The maximum absolute atomic E-state index is 12.2. The Hall–Kier alpha value is -2.25. The SMILES string of the molecule is CCOc1ccccc1-c1nc(CC(=O)Nc2nc(C)c(C)s2)cs1. The summed E-state index contributed by atoms with van der Waals surface area (Å²) in [6, 6.07) is 7.81. The Balaban J connectivity index is 1.70. The lowest BCUT2D eigenvalue weighted by atomic mass is 10.2. The number of para-hydroxylation sites is 1. The second-order valence-corrected chi connectivity index (χ2v) is 7.52. The highest BCUT2D eigenvalue weighted by atomic mass is 32.1. The van der Waals surface area contributed by atoms with Gasteiger partial charge in [0.2, 0.25) is 5.91 Å². The maximum Gasteiger partial charge on any atom is 0.232 e. The number of carbonyl (C=O) groups is 1. The lowest BCUT2D eigenvalue weighted by molar-refractivity contribution is -0.115. The van der Waals surface area contributed by atoms with E-state index in [-0.39, 0.29) is 12.3 Å². The van der Waals surface area contributed by atoms with Crippen molar-refractivity contribution in [2.45, 2.75) is 27.2 Å². The molecular formula is C18H19N3O2S2. The first-order chi connectivity index (χ1) is 12.1. The minimum atomic E-state index is -0.108. The number of amides is 1. The van der Waals surface area contributed by atoms with Gasteiger partial charge in [0, 0.05) is 10.3 Å². The Labute approximate surface area is 154 Å². The van der Waals surface area contributed by atoms with Gasteiger partial charge in [-0.3, -0.25) is 4.79 Å². The van der Waals surface area contributed by atoms with E-state index >= 15 is 0 Å². The van der Waals surface area contributed by atoms with Gasteiger partial charge in [-0.15, -0.1) is 22.7 Å². The van der Waals surface area contributed by atoms with Crippen LogP contribution in [0.2, 0.25) is 0 Å². The normalized spacial score (nSPS) is 10.7. The van der Waals surface area contributed by atoms with E-state index in [0.717, 1.165) is 32.6 Å². The van der Waals surface area contributed by atoms with Crippen LogP contribution in [0.5, 0.6) is 5.75 Å². The third-order valence-electron chi connectivity index (χ3n) is 3.59. The highest BCUT2D eigenvalue weighted by Crippen LogP contribution is 2.32. The summed E-state index contributed by atoms with van der Waals surface area (Å²) >= 11 is 3.00. The highest BCUT2D eigenvalue weighted by Gasteiger charge is 2.13. The number of nitrogens with one attached hydrogen (secondary N) is 1. The molecule has 0 radical (unpaired) electrons. The maximum atomic E-state index is 12.2. The lowest BCUT2D eigenvalue weighted by Gasteiger charge is -2.07. The zero-order chi connectivity index (χ0) is 17.8. The smallest absolute Gasteiger partial charge is 0.232 e. The van der Waals surface area contributed by atoms with Crippen LogP contribution in [-0.4, -0.2) is 22.5 Å². The van der Waals surface area contributed by atoms with E-state index in [1.54, 1.807) is 0 Å². The summed E-state index contributed by atoms with van der Waals surface area (Å²) < 4.78 is 5.65. The summed E-state index contributed by atoms with van der Waals surface area (Å²) in [4.78, 5) is 22.2. The van der Waals surface area contributed by atoms with Crippen LogP contribution in [0.3, 0.4) is 0 Å². The van der Waals surface area contributed by atoms with E-state index in [2.05, 4.69) is 15.3 Å². The van der Waals surface area contributed by atoms with Crippen molar-refractivity contribution in [1.82, 2.24) is 9.97 Å². The van der Waals surface area contributed by atoms with Crippen LogP contribution in [0.1, 0.15) is 23.2 Å². The third-order valence-corrected chi connectivity index (χ3v) is 5.50. The Morgan fingerprint density at radius 1 is 1.24 bits per heavy atom. The average Bonchev–Trinajstić information content (AvgIpc) is 3.15. The van der Waals surface area contributed by atoms with Gasteiger partial charge in [0.05, 0.1) is 30.0 Å². The summed E-state index contributed by atoms with van der Waals surface area (Å²) in [5.74, 6) is 0.702. The van der Waals surface area contributed by atoms with E-state index in [9.17, 15) is 4.79 Å². The number of hydrogen-bond acceptors (Lipinski definition) is 6. The van der Waals surface area contributed by atoms with Crippen LogP contribution in [0.15, 0.2) is 29.6 Å². The third kappa shape index (κ3) is 4.24. The molecule has 7 heteroatoms. The first kappa shape index (κ1) is 17.6. The number of ether oxygens (including phenoxy) is 1. The van der Waals surface area contributed by atoms with Crippen molar-refractivity contribution in [2.75, 3.05) is 11.9 Å². The fraction of sp³-hybridized carbons (Fsp3) is 0.278. The molecule has 130 valence electrons. The zero-order valence-electron chi connectivity index (χ0n) is 14.3. The Morgan fingerprint density at radius 3 is 2.76 bits per heavy atom. The van der Waals surface area contributed by atoms with Gasteiger partial charge < -0.3 is 10.1 Å². The molecule has 25 heavy (non-hydrogen) atoms. The van der Waals surface area contributed by atoms with Crippen molar-refractivity contribution >= 4 is 33.7 Å². The molecule has 1 N–H and O–H groups in total. The van der Waals surface area contributed by atoms with E-state index < -0.39 is 0 Å². The number of benzene rings is 1. The number of aromatic nitrogens is 2. The summed E-state index contributed by atoms with van der Waals surface area (Å²) in [7, 11) is 0. The molecule has 2 heterocycles. The van der Waals surface area contributed by atoms with Crippen molar-refractivity contribution in [3.63, 3.8) is 0 Å². The average molecular weight is 374 g/mol. The predicted octanol–water partition coefficient (Wildman–Crippen LogP) is 4.46. The van der Waals surface area contributed by atoms with E-state index in [1.807, 2.05) is 50.4 Å². The van der Waals surface area contributed by atoms with Crippen LogP contribution in [-0.2, 0) is 11.2 Å². The molecule has 0 aliphatic rings. The summed E-state index contributed by atoms with van der Waals surface area (Å²) in [5.41, 5.74) is 2.64. The molecular weight excluding hydrogens is 354 g/mol. The summed E-state index contributed by atoms with van der Waals surface area (Å²) in [5, 5.41) is 6.24. The fourth-order valence-corrected chi connectivity index (χ4v) is 3.97. The molecule has 0 aliphatic heterocycles. The van der Waals surface area contributed by atoms with Crippen molar-refractivity contribution in [3.05, 3.63) is 45.9 Å². The van der Waals surface area contributed by atoms with Crippen LogP contribution >= 0.6 is 22.7 Å². The Morgan fingerprint density at radius 2 is 2.04 bits per heavy atom. The van der Waals surface area contributed by atoms with E-state index in [0.29, 0.717) is 11.7 Å². The minimum Gasteiger partial charge on any atom is -0.493 e. The molecule has 0 atom stereocenters. The Kier molecular flexibility index (Phi) is 5.45. The van der Waals surface area contributed by atoms with Crippen LogP contribution in [0, 0.1) is 13.8 Å². The van der Waals surface area contributed by atoms with E-state index in [4.69, 9.17) is 4.74 Å². The summed E-state index contributed by atoms with van der Waals surface area (Å²) in [6.45, 7) is 6.48. The first-order valence-corrected chi connectivity index (χ1v) is 9.67. The molecule has 1 amide bonds. The van der Waals surface area contributed by atoms with Gasteiger partial charge in [0.15, 0.2) is 5.13 Å². The number of anilines is 1. The number of thiazole rings is 2. The first-order valence-electron chi connectivity index (χ1n) is 7.97. The predicted molar refractivity (Wildman–Crippen MR) is 103 cm³/mol. The lowest BCUT2D eigenvalue weighted by Crippen LogP contribution is -2.14. The molecule has 3 rings (SSSR count). The van der Waals surface area contributed by atoms with Gasteiger partial charge >= 0.3 is 0 Å². The van der Waals surface area contributed by atoms with E-state index in [1.165, 1.54) is 22.7 Å². The second kappa shape index (κ2) is 7.76. The van der Waals surface area contributed by atoms with Crippen molar-refractivity contribution in [2.24, 2.45) is 0 Å². The summed E-state index contributed by atoms with van der Waals surface area (Å²) in [6.07, 6.45) is 0.227. The van der Waals surface area contributed by atoms with Gasteiger partial charge in [0.1, 0.15) is 10.8 Å². The van der Waals surface area contributed by atoms with Crippen molar-refractivity contribution < 1.29 is 9.53 Å². The molecule has 0 spiro atoms. The van der Waals surface area contributed by atoms with Crippen LogP contribution < -0.4 is 10.1 Å². The van der Waals surface area contributed by atoms with Gasteiger partial charge in [-0.2, -0.15) is 0 Å². The molecule has 0 saturated carbocycles. The largest absolute Gasteiger partial charge is 0.493 e. The molecule has 0 fully saturated rings. The minimum absolute atomic E-state index is 0.108. The Bertz CT molecular complexity index is 867. The monoisotopic (exact) mass is 373 g/mol. The van der Waals surface area contributed by atoms with Gasteiger partial charge in [0.25, 0.3) is 0 Å². The molecule has 0 bridgehead atoms. The molecule has 0 aliphatic carbocycles. The standard InChI is InChI=1S/C18H19N3O2S2/c1-4-23-15-8-6-5-7-14(15)17-20-13(10-24-17)9-16(22)21-18-19-11(2)12(3)25-18/h5-8,10H,4,9H2,1-3H3,(H,19,21,22). The van der Waals surface area contributed by atoms with Crippen LogP contribution in [0.4, 0.5) is 5.13 Å². The number of carbonyl (C=O) groups excluding carboxylic acids is 1. The second-order valence-electron chi connectivity index (χ2n) is 5.46. The number of hydrogen-bond donors (Lipinski definition) is 1. The van der Waals surface area contributed by atoms with Crippen molar-refractivity contribution in [3.8, 4) is 16.3 Å². The van der Waals surface area contributed by atoms with Gasteiger partial charge in [-0.1, -0.05) is 12.1 Å². The zero-order valence-corrected chi connectivity index (χ0v) is 16.0. The number of rotatable bonds is 6.